The van der Waals surface area contributed by atoms with Gasteiger partial charge in [-0.25, -0.2) is 0 Å². The molecule has 0 amide bonds. The number of para-hydroxylation sites is 1. The minimum Gasteiger partial charge on any atom is -0.372 e. The van der Waals surface area contributed by atoms with Gasteiger partial charge in [-0.1, -0.05) is 29.8 Å². The lowest BCUT2D eigenvalue weighted by atomic mass is 9.85. The van der Waals surface area contributed by atoms with Crippen molar-refractivity contribution < 1.29 is 4.74 Å². The summed E-state index contributed by atoms with van der Waals surface area (Å²) in [6, 6.07) is 8.68. The molecule has 2 atom stereocenters. The molecule has 1 aromatic heterocycles. The van der Waals surface area contributed by atoms with Crippen LogP contribution < -0.4 is 0 Å². The van der Waals surface area contributed by atoms with E-state index in [1.54, 1.807) is 5.57 Å². The van der Waals surface area contributed by atoms with E-state index in [2.05, 4.69) is 54.2 Å². The number of allylic oxidation sites excluding steroid dienone is 1. The predicted molar refractivity (Wildman–Crippen MR) is 94.7 cm³/mol. The Morgan fingerprint density at radius 2 is 2.17 bits per heavy atom. The van der Waals surface area contributed by atoms with Gasteiger partial charge >= 0.3 is 0 Å². The summed E-state index contributed by atoms with van der Waals surface area (Å²) in [6.45, 7) is 5.23. The van der Waals surface area contributed by atoms with Crippen molar-refractivity contribution >= 4 is 10.9 Å². The highest BCUT2D eigenvalue weighted by Crippen LogP contribution is 2.39. The second-order valence-corrected chi connectivity index (χ2v) is 6.99. The SMILES string of the molecule is C/C=C1\CN(C)CCc2c([nH]c3ccccc23)[C@@H]2C[C@H]1CCO2. The van der Waals surface area contributed by atoms with Gasteiger partial charge in [-0.2, -0.15) is 0 Å². The van der Waals surface area contributed by atoms with E-state index in [-0.39, 0.29) is 6.10 Å². The number of likely N-dealkylation sites (N-methyl/N-ethyl adjacent to an activating group) is 1. The van der Waals surface area contributed by atoms with Crippen LogP contribution in [0.2, 0.25) is 0 Å². The van der Waals surface area contributed by atoms with Gasteiger partial charge in [0.1, 0.15) is 0 Å². The molecule has 23 heavy (non-hydrogen) atoms. The number of hydrogen-bond acceptors (Lipinski definition) is 2. The number of rotatable bonds is 0. The summed E-state index contributed by atoms with van der Waals surface area (Å²) in [7, 11) is 2.25. The van der Waals surface area contributed by atoms with E-state index >= 15 is 0 Å². The van der Waals surface area contributed by atoms with Gasteiger partial charge in [0.05, 0.1) is 6.10 Å². The smallest absolute Gasteiger partial charge is 0.0981 e. The Hall–Kier alpha value is -1.58. The van der Waals surface area contributed by atoms with Crippen LogP contribution in [0, 0.1) is 5.92 Å². The lowest BCUT2D eigenvalue weighted by molar-refractivity contribution is -0.00708. The van der Waals surface area contributed by atoms with E-state index in [0.29, 0.717) is 5.92 Å². The Balaban J connectivity index is 1.81. The zero-order chi connectivity index (χ0) is 15.8. The van der Waals surface area contributed by atoms with E-state index in [9.17, 15) is 0 Å². The molecule has 122 valence electrons. The monoisotopic (exact) mass is 310 g/mol. The van der Waals surface area contributed by atoms with Crippen LogP contribution >= 0.6 is 0 Å². The summed E-state index contributed by atoms with van der Waals surface area (Å²) in [5, 5.41) is 1.37. The van der Waals surface area contributed by atoms with Gasteiger partial charge in [0.25, 0.3) is 0 Å². The zero-order valence-corrected chi connectivity index (χ0v) is 14.1. The quantitative estimate of drug-likeness (QED) is 0.743. The second kappa shape index (κ2) is 6.14. The Bertz CT molecular complexity index is 730. The second-order valence-electron chi connectivity index (χ2n) is 6.99. The molecule has 2 aliphatic heterocycles. The molecule has 0 spiro atoms. The zero-order valence-electron chi connectivity index (χ0n) is 14.1. The largest absolute Gasteiger partial charge is 0.372 e. The number of fused-ring (bicyclic) bond motifs is 6. The molecule has 1 N–H and O–H groups in total. The lowest BCUT2D eigenvalue weighted by Crippen LogP contribution is -2.31. The summed E-state index contributed by atoms with van der Waals surface area (Å²) in [6.07, 6.45) is 5.89. The molecular formula is C20H26N2O. The molecule has 3 heteroatoms. The summed E-state index contributed by atoms with van der Waals surface area (Å²) >= 11 is 0. The maximum absolute atomic E-state index is 6.18. The molecule has 3 heterocycles. The average molecular weight is 310 g/mol. The molecule has 2 aliphatic rings. The molecule has 2 aromatic rings. The van der Waals surface area contributed by atoms with Gasteiger partial charge < -0.3 is 14.6 Å². The van der Waals surface area contributed by atoms with Gasteiger partial charge in [0.15, 0.2) is 0 Å². The molecule has 0 aliphatic carbocycles. The first-order chi connectivity index (χ1) is 11.3. The van der Waals surface area contributed by atoms with E-state index in [0.717, 1.165) is 39.0 Å². The van der Waals surface area contributed by atoms with Crippen molar-refractivity contribution in [2.45, 2.75) is 32.3 Å². The van der Waals surface area contributed by atoms with Gasteiger partial charge in [0, 0.05) is 36.3 Å². The Labute approximate surface area is 138 Å². The predicted octanol–water partition coefficient (Wildman–Crippen LogP) is 4.07. The highest BCUT2D eigenvalue weighted by molar-refractivity contribution is 5.84. The van der Waals surface area contributed by atoms with Crippen LogP contribution in [0.15, 0.2) is 35.9 Å². The highest BCUT2D eigenvalue weighted by Gasteiger charge is 2.30. The standard InChI is InChI=1S/C20H26N2O/c1-3-14-13-22(2)10-8-17-16-6-4-5-7-18(16)21-20(17)19-12-15(14)9-11-23-19/h3-7,15,19,21H,8-13H2,1-2H3/b14-3+/t15-,19+/m1/s1. The van der Waals surface area contributed by atoms with Crippen molar-refractivity contribution in [2.75, 3.05) is 26.7 Å². The van der Waals surface area contributed by atoms with Crippen LogP contribution in [0.4, 0.5) is 0 Å². The maximum atomic E-state index is 6.18. The minimum atomic E-state index is 0.217. The summed E-state index contributed by atoms with van der Waals surface area (Å²) in [5.41, 5.74) is 5.61. The summed E-state index contributed by atoms with van der Waals surface area (Å²) < 4.78 is 6.18. The molecule has 3 nitrogen and oxygen atoms in total. The van der Waals surface area contributed by atoms with Gasteiger partial charge in [-0.15, -0.1) is 0 Å². The van der Waals surface area contributed by atoms with Crippen molar-refractivity contribution in [3.05, 3.63) is 47.2 Å². The first-order valence-corrected chi connectivity index (χ1v) is 8.81. The average Bonchev–Trinajstić information content (AvgIpc) is 2.96. The van der Waals surface area contributed by atoms with E-state index in [1.165, 1.54) is 22.2 Å². The van der Waals surface area contributed by atoms with Crippen LogP contribution in [-0.2, 0) is 11.2 Å². The third-order valence-corrected chi connectivity index (χ3v) is 5.54. The van der Waals surface area contributed by atoms with Crippen LogP contribution in [0.5, 0.6) is 0 Å². The van der Waals surface area contributed by atoms with Gasteiger partial charge in [-0.05, 0) is 50.8 Å². The first kappa shape index (κ1) is 15.0. The Kier molecular flexibility index (Phi) is 4.00. The normalized spacial score (nSPS) is 28.0. The molecule has 0 saturated carbocycles. The Morgan fingerprint density at radius 1 is 1.30 bits per heavy atom. The van der Waals surface area contributed by atoms with Gasteiger partial charge in [-0.3, -0.25) is 0 Å². The topological polar surface area (TPSA) is 28.3 Å². The number of aromatic nitrogens is 1. The minimum absolute atomic E-state index is 0.217. The number of H-pyrrole nitrogens is 1. The van der Waals surface area contributed by atoms with Crippen molar-refractivity contribution in [3.63, 3.8) is 0 Å². The Morgan fingerprint density at radius 3 is 3.04 bits per heavy atom. The fourth-order valence-electron chi connectivity index (χ4n) is 4.25. The number of aromatic amines is 1. The molecule has 2 bridgehead atoms. The van der Waals surface area contributed by atoms with Crippen LogP contribution in [0.25, 0.3) is 10.9 Å². The van der Waals surface area contributed by atoms with Crippen LogP contribution in [-0.4, -0.2) is 36.6 Å². The number of ether oxygens (including phenoxy) is 1. The highest BCUT2D eigenvalue weighted by atomic mass is 16.5. The molecule has 0 radical (unpaired) electrons. The van der Waals surface area contributed by atoms with Crippen molar-refractivity contribution in [1.82, 2.24) is 9.88 Å². The number of benzene rings is 1. The van der Waals surface area contributed by atoms with E-state index in [1.807, 2.05) is 0 Å². The summed E-state index contributed by atoms with van der Waals surface area (Å²) in [5.74, 6) is 0.651. The molecular weight excluding hydrogens is 284 g/mol. The number of nitrogens with one attached hydrogen (secondary N) is 1. The lowest BCUT2D eigenvalue weighted by Gasteiger charge is -2.34. The van der Waals surface area contributed by atoms with Gasteiger partial charge in [0.2, 0.25) is 0 Å². The fraction of sp³-hybridized carbons (Fsp3) is 0.500. The van der Waals surface area contributed by atoms with E-state index < -0.39 is 0 Å². The number of hydrogen-bond donors (Lipinski definition) is 1. The maximum Gasteiger partial charge on any atom is 0.0981 e. The van der Waals surface area contributed by atoms with Crippen molar-refractivity contribution in [3.8, 4) is 0 Å². The van der Waals surface area contributed by atoms with Crippen molar-refractivity contribution in [2.24, 2.45) is 5.92 Å². The molecule has 4 rings (SSSR count). The summed E-state index contributed by atoms with van der Waals surface area (Å²) in [4.78, 5) is 6.14. The van der Waals surface area contributed by atoms with Crippen LogP contribution in [0.1, 0.15) is 37.1 Å². The van der Waals surface area contributed by atoms with Crippen molar-refractivity contribution in [1.29, 1.82) is 0 Å². The molecule has 0 unspecified atom stereocenters. The third-order valence-electron chi connectivity index (χ3n) is 5.54. The molecule has 1 saturated heterocycles. The third kappa shape index (κ3) is 2.73. The molecule has 1 aromatic carbocycles. The molecule has 1 fully saturated rings. The van der Waals surface area contributed by atoms with Crippen LogP contribution in [0.3, 0.4) is 0 Å². The van der Waals surface area contributed by atoms with E-state index in [4.69, 9.17) is 4.74 Å². The fourth-order valence-corrected chi connectivity index (χ4v) is 4.25. The first-order valence-electron chi connectivity index (χ1n) is 8.81. The number of nitrogens with zero attached hydrogens (tertiary/aromatic N) is 1.